The number of fused-ring (bicyclic) bond motifs is 6. The molecule has 0 atom stereocenters. The maximum Gasteiger partial charge on any atom is 0.164 e. The Bertz CT molecular complexity index is 3280. The Labute approximate surface area is 271 Å². The summed E-state index contributed by atoms with van der Waals surface area (Å²) < 4.78 is 133. The molecule has 0 aliphatic heterocycles. The maximum absolute atomic E-state index is 9.28. The van der Waals surface area contributed by atoms with E-state index in [4.69, 9.17) is 26.7 Å². The molecular formula is C39H23N3O2. The largest absolute Gasteiger partial charge is 0.456 e. The summed E-state index contributed by atoms with van der Waals surface area (Å²) in [4.78, 5) is 13.9. The Morgan fingerprint density at radius 2 is 1.02 bits per heavy atom. The van der Waals surface area contributed by atoms with Crippen LogP contribution in [0, 0.1) is 0 Å². The summed E-state index contributed by atoms with van der Waals surface area (Å²) in [5.74, 6) is -0.778. The summed E-state index contributed by atoms with van der Waals surface area (Å²) >= 11 is 0. The van der Waals surface area contributed by atoms with Gasteiger partial charge in [-0.1, -0.05) is 109 Å². The zero-order valence-electron chi connectivity index (χ0n) is 36.4. The lowest BCUT2D eigenvalue weighted by molar-refractivity contribution is 0.668. The number of benzene rings is 6. The van der Waals surface area contributed by atoms with E-state index < -0.39 is 84.6 Å². The van der Waals surface area contributed by atoms with Gasteiger partial charge in [0.15, 0.2) is 17.5 Å². The second-order valence-electron chi connectivity index (χ2n) is 9.77. The molecule has 0 spiro atoms. The SMILES string of the molecule is [2H]c1c([2H])c([2H])c2c(oc3c([2H])c(-c4nc(-c5ccc(-c6ccccc6)cc5)nc(-c5c([2H])c([2H])c([2H])c6oc7c([2H])c([2H])c([2H])c([2H])c7c56)n4)c([2H])c([2H])c32)c1[2H]. The van der Waals surface area contributed by atoms with Crippen molar-refractivity contribution in [2.45, 2.75) is 0 Å². The average molecular weight is 580 g/mol. The Balaban J connectivity index is 1.39. The first-order chi connectivity index (χ1) is 27.6. The van der Waals surface area contributed by atoms with Crippen molar-refractivity contribution in [3.8, 4) is 45.3 Å². The Hall–Kier alpha value is -6.07. The van der Waals surface area contributed by atoms with Crippen molar-refractivity contribution in [1.82, 2.24) is 15.0 Å². The van der Waals surface area contributed by atoms with Gasteiger partial charge in [-0.05, 0) is 41.3 Å². The van der Waals surface area contributed by atoms with Gasteiger partial charge >= 0.3 is 0 Å². The van der Waals surface area contributed by atoms with Crippen molar-refractivity contribution in [3.05, 3.63) is 139 Å². The molecule has 3 aromatic heterocycles. The number of hydrogen-bond donors (Lipinski definition) is 0. The minimum absolute atomic E-state index is 0.0574. The van der Waals surface area contributed by atoms with E-state index in [1.807, 2.05) is 42.5 Å². The van der Waals surface area contributed by atoms with Gasteiger partial charge in [-0.3, -0.25) is 0 Å². The van der Waals surface area contributed by atoms with Crippen LogP contribution in [0.25, 0.3) is 89.2 Å². The molecule has 0 bridgehead atoms. The number of para-hydroxylation sites is 2. The highest BCUT2D eigenvalue weighted by molar-refractivity contribution is 6.12. The molecule has 0 aliphatic carbocycles. The van der Waals surface area contributed by atoms with Gasteiger partial charge in [0.1, 0.15) is 22.3 Å². The van der Waals surface area contributed by atoms with Gasteiger partial charge in [-0.2, -0.15) is 0 Å². The van der Waals surface area contributed by atoms with E-state index in [1.165, 1.54) is 0 Å². The van der Waals surface area contributed by atoms with Crippen LogP contribution in [0.5, 0.6) is 0 Å². The first kappa shape index (κ1) is 14.4. The maximum atomic E-state index is 9.28. The molecule has 206 valence electrons. The van der Waals surface area contributed by atoms with Crippen LogP contribution in [-0.2, 0) is 0 Å². The molecule has 6 aromatic carbocycles. The predicted octanol–water partition coefficient (Wildman–Crippen LogP) is 10.3. The summed E-state index contributed by atoms with van der Waals surface area (Å²) in [5, 5.41) is -0.699. The number of hydrogen-bond acceptors (Lipinski definition) is 5. The molecule has 5 nitrogen and oxygen atoms in total. The monoisotopic (exact) mass is 579 g/mol. The van der Waals surface area contributed by atoms with Gasteiger partial charge in [0, 0.05) is 38.2 Å². The minimum atomic E-state index is -0.632. The summed E-state index contributed by atoms with van der Waals surface area (Å²) in [6, 6.07) is 8.55. The van der Waals surface area contributed by atoms with Crippen molar-refractivity contribution < 1.29 is 28.0 Å². The third-order valence-corrected chi connectivity index (χ3v) is 7.17. The highest BCUT2D eigenvalue weighted by atomic mass is 16.3. The molecule has 0 saturated heterocycles. The highest BCUT2D eigenvalue weighted by Crippen LogP contribution is 2.37. The molecular weight excluding hydrogens is 542 g/mol. The fraction of sp³-hybridized carbons (Fsp3) is 0. The van der Waals surface area contributed by atoms with Crippen molar-refractivity contribution in [1.29, 1.82) is 0 Å². The number of furan rings is 2. The zero-order valence-corrected chi connectivity index (χ0v) is 22.4. The molecule has 0 fully saturated rings. The van der Waals surface area contributed by atoms with Crippen molar-refractivity contribution in [2.24, 2.45) is 0 Å². The molecule has 0 radical (unpaired) electrons. The van der Waals surface area contributed by atoms with Crippen LogP contribution < -0.4 is 0 Å². The minimum Gasteiger partial charge on any atom is -0.456 e. The Morgan fingerprint density at radius 1 is 0.432 bits per heavy atom. The van der Waals surface area contributed by atoms with E-state index >= 15 is 0 Å². The Kier molecular flexibility index (Phi) is 3.19. The second kappa shape index (κ2) is 9.75. The lowest BCUT2D eigenvalue weighted by Crippen LogP contribution is -2.00. The third-order valence-electron chi connectivity index (χ3n) is 7.17. The van der Waals surface area contributed by atoms with Crippen molar-refractivity contribution >= 4 is 43.9 Å². The predicted molar refractivity (Wildman–Crippen MR) is 176 cm³/mol. The van der Waals surface area contributed by atoms with E-state index in [0.717, 1.165) is 11.1 Å². The van der Waals surface area contributed by atoms with Crippen LogP contribution in [0.4, 0.5) is 0 Å². The standard InChI is InChI=1S/C39H23N3O2/c1-2-9-24(10-3-1)25-17-19-26(20-18-25)37-40-38(27-21-22-29-28-11-4-6-14-32(28)44-35(29)23-27)42-39(41-37)31-13-8-16-34-36(31)30-12-5-7-15-33(30)43-34/h1-23H/i4D,5D,6D,7D,8D,11D,12D,13D,14D,15D,16D,21D,22D,23D. The van der Waals surface area contributed by atoms with E-state index in [0.29, 0.717) is 5.56 Å². The molecule has 0 aliphatic rings. The molecule has 9 aromatic rings. The first-order valence-corrected chi connectivity index (χ1v) is 13.4. The van der Waals surface area contributed by atoms with Crippen LogP contribution in [0.3, 0.4) is 0 Å². The zero-order chi connectivity index (χ0) is 41.2. The molecule has 3 heterocycles. The molecule has 44 heavy (non-hydrogen) atoms. The Morgan fingerprint density at radius 3 is 1.84 bits per heavy atom. The van der Waals surface area contributed by atoms with Crippen LogP contribution in [0.2, 0.25) is 0 Å². The summed E-state index contributed by atoms with van der Waals surface area (Å²) in [6.07, 6.45) is 0. The fourth-order valence-corrected chi connectivity index (χ4v) is 5.11. The summed E-state index contributed by atoms with van der Waals surface area (Å²) in [6.45, 7) is 0. The molecule has 0 amide bonds. The fourth-order valence-electron chi connectivity index (χ4n) is 5.11. The molecule has 9 rings (SSSR count). The molecule has 0 unspecified atom stereocenters. The summed E-state index contributed by atoms with van der Waals surface area (Å²) in [7, 11) is 0. The average Bonchev–Trinajstić information content (AvgIpc) is 3.84. The number of aromatic nitrogens is 3. The van der Waals surface area contributed by atoms with Crippen LogP contribution in [-0.4, -0.2) is 15.0 Å². The van der Waals surface area contributed by atoms with Gasteiger partial charge in [0.05, 0.1) is 19.2 Å². The van der Waals surface area contributed by atoms with Gasteiger partial charge in [0.25, 0.3) is 0 Å². The van der Waals surface area contributed by atoms with Crippen LogP contribution in [0.15, 0.2) is 148 Å². The van der Waals surface area contributed by atoms with Crippen molar-refractivity contribution in [3.63, 3.8) is 0 Å². The van der Waals surface area contributed by atoms with Crippen LogP contribution in [0.1, 0.15) is 19.2 Å². The smallest absolute Gasteiger partial charge is 0.164 e. The first-order valence-electron chi connectivity index (χ1n) is 20.4. The topological polar surface area (TPSA) is 65.0 Å². The van der Waals surface area contributed by atoms with Gasteiger partial charge < -0.3 is 8.83 Å². The lowest BCUT2D eigenvalue weighted by Gasteiger charge is -2.10. The molecule has 5 heteroatoms. The second-order valence-corrected chi connectivity index (χ2v) is 9.77. The van der Waals surface area contributed by atoms with E-state index in [2.05, 4.69) is 15.0 Å². The molecule has 0 saturated carbocycles. The lowest BCUT2D eigenvalue weighted by atomic mass is 10.0. The van der Waals surface area contributed by atoms with E-state index in [-0.39, 0.29) is 72.5 Å². The molecule has 0 N–H and O–H groups in total. The van der Waals surface area contributed by atoms with Crippen LogP contribution >= 0.6 is 0 Å². The van der Waals surface area contributed by atoms with Gasteiger partial charge in [-0.25, -0.2) is 15.0 Å². The summed E-state index contributed by atoms with van der Waals surface area (Å²) in [5.41, 5.74) is 0.252. The number of rotatable bonds is 4. The van der Waals surface area contributed by atoms with E-state index in [1.54, 1.807) is 12.1 Å². The normalized spacial score (nSPS) is 16.1. The third kappa shape index (κ3) is 3.98. The van der Waals surface area contributed by atoms with Crippen molar-refractivity contribution in [2.75, 3.05) is 0 Å². The van der Waals surface area contributed by atoms with Gasteiger partial charge in [-0.15, -0.1) is 0 Å². The quantitative estimate of drug-likeness (QED) is 0.207. The van der Waals surface area contributed by atoms with E-state index in [9.17, 15) is 1.37 Å². The number of nitrogens with zero attached hydrogens (tertiary/aromatic N) is 3. The van der Waals surface area contributed by atoms with Gasteiger partial charge in [0.2, 0.25) is 0 Å². The highest BCUT2D eigenvalue weighted by Gasteiger charge is 2.18.